The van der Waals surface area contributed by atoms with Gasteiger partial charge in [0.1, 0.15) is 11.2 Å². The van der Waals surface area contributed by atoms with Crippen LogP contribution in [-0.4, -0.2) is 4.98 Å². The fourth-order valence-electron chi connectivity index (χ4n) is 3.95. The van der Waals surface area contributed by atoms with Gasteiger partial charge in [0.2, 0.25) is 0 Å². The van der Waals surface area contributed by atoms with Crippen LogP contribution in [0.1, 0.15) is 30.5 Å². The van der Waals surface area contributed by atoms with E-state index in [4.69, 9.17) is 12.6 Å². The van der Waals surface area contributed by atoms with E-state index in [-0.39, 0.29) is 11.1 Å². The largest absolute Gasteiger partial charge is 0.455 e. The number of furan rings is 1. The zero-order valence-corrected chi connectivity index (χ0v) is 16.2. The molecule has 0 spiro atoms. The molecule has 0 saturated heterocycles. The highest BCUT2D eigenvalue weighted by atomic mass is 16.3. The van der Waals surface area contributed by atoms with Crippen LogP contribution in [0.2, 0.25) is 0 Å². The molecule has 2 nitrogen and oxygen atoms in total. The van der Waals surface area contributed by atoms with Crippen LogP contribution in [0, 0.1) is 27.6 Å². The van der Waals surface area contributed by atoms with Crippen LogP contribution in [0.25, 0.3) is 44.3 Å². The lowest BCUT2D eigenvalue weighted by molar-refractivity contribution is 0.669. The Bertz CT molecular complexity index is 1590. The fourth-order valence-corrected chi connectivity index (χ4v) is 3.95. The fraction of sp³-hybridized carbons (Fsp3) is 0.148. The molecule has 0 unspecified atom stereocenters. The normalized spacial score (nSPS) is 15.4. The summed E-state index contributed by atoms with van der Waals surface area (Å²) in [7, 11) is 0. The van der Waals surface area contributed by atoms with E-state index in [1.807, 2.05) is 50.2 Å². The van der Waals surface area contributed by atoms with E-state index in [1.165, 1.54) is 6.20 Å². The second-order valence-electron chi connectivity index (χ2n) is 7.40. The van der Waals surface area contributed by atoms with Crippen molar-refractivity contribution in [1.82, 2.24) is 4.98 Å². The minimum absolute atomic E-state index is 0.00299. The van der Waals surface area contributed by atoms with E-state index >= 15 is 0 Å². The third-order valence-electron chi connectivity index (χ3n) is 5.38. The van der Waals surface area contributed by atoms with Crippen molar-refractivity contribution in [2.24, 2.45) is 0 Å². The van der Waals surface area contributed by atoms with Gasteiger partial charge in [0.05, 0.1) is 5.69 Å². The second kappa shape index (κ2) is 6.59. The van der Waals surface area contributed by atoms with Gasteiger partial charge in [-0.3, -0.25) is 4.98 Å². The van der Waals surface area contributed by atoms with Gasteiger partial charge in [-0.05, 0) is 73.6 Å². The van der Waals surface area contributed by atoms with Gasteiger partial charge in [-0.2, -0.15) is 0 Å². The van der Waals surface area contributed by atoms with Gasteiger partial charge in [0.25, 0.3) is 0 Å². The summed E-state index contributed by atoms with van der Waals surface area (Å²) in [6, 6.07) is 18.4. The Morgan fingerprint density at radius 3 is 2.52 bits per heavy atom. The molecule has 29 heavy (non-hydrogen) atoms. The quantitative estimate of drug-likeness (QED) is 0.314. The molecule has 0 saturated carbocycles. The monoisotopic (exact) mass is 383 g/mol. The summed E-state index contributed by atoms with van der Waals surface area (Å²) in [6.07, 6.45) is 1.33. The minimum atomic E-state index is -2.47. The zero-order valence-electron chi connectivity index (χ0n) is 22.2. The molecule has 2 heterocycles. The Balaban J connectivity index is 1.81. The van der Waals surface area contributed by atoms with Crippen LogP contribution in [0.5, 0.6) is 0 Å². The molecule has 142 valence electrons. The summed E-state index contributed by atoms with van der Waals surface area (Å²) in [5.41, 5.74) is 5.29. The van der Waals surface area contributed by atoms with Crippen molar-refractivity contribution >= 4 is 21.9 Å². The number of nitrogens with zero attached hydrogens (tertiary/aromatic N) is 1. The Labute approximate surface area is 179 Å². The Hall–Kier alpha value is -3.39. The maximum absolute atomic E-state index is 8.07. The van der Waals surface area contributed by atoms with Crippen molar-refractivity contribution < 1.29 is 12.6 Å². The lowest BCUT2D eigenvalue weighted by atomic mass is 9.94. The van der Waals surface area contributed by atoms with Crippen molar-refractivity contribution in [3.05, 3.63) is 89.1 Å². The molecule has 0 radical (unpaired) electrons. The van der Waals surface area contributed by atoms with Crippen LogP contribution >= 0.6 is 0 Å². The third kappa shape index (κ3) is 2.84. The van der Waals surface area contributed by atoms with Crippen LogP contribution in [0.15, 0.2) is 71.3 Å². The molecular weight excluding hydrogens is 354 g/mol. The average molecular weight is 384 g/mol. The first-order chi connectivity index (χ1) is 16.4. The summed E-state index contributed by atoms with van der Waals surface area (Å²) in [5.74, 6) is 0. The number of fused-ring (bicyclic) bond motifs is 3. The average Bonchev–Trinajstić information content (AvgIpc) is 3.17. The first-order valence-corrected chi connectivity index (χ1v) is 9.48. The molecule has 2 aromatic heterocycles. The number of hydrogen-bond donors (Lipinski definition) is 0. The van der Waals surface area contributed by atoms with Gasteiger partial charge in [0, 0.05) is 30.8 Å². The maximum atomic E-state index is 8.07. The summed E-state index contributed by atoms with van der Waals surface area (Å²) in [6.45, 7) is -1.04. The molecule has 0 bridgehead atoms. The van der Waals surface area contributed by atoms with E-state index in [1.54, 1.807) is 24.3 Å². The van der Waals surface area contributed by atoms with Crippen LogP contribution in [-0.2, 0) is 0 Å². The number of aryl methyl sites for hydroxylation is 4. The Morgan fingerprint density at radius 1 is 0.793 bits per heavy atom. The Morgan fingerprint density at radius 2 is 1.66 bits per heavy atom. The first kappa shape index (κ1) is 12.2. The van der Waals surface area contributed by atoms with Crippen LogP contribution < -0.4 is 0 Å². The third-order valence-corrected chi connectivity index (χ3v) is 5.38. The van der Waals surface area contributed by atoms with Crippen LogP contribution in [0.4, 0.5) is 0 Å². The molecule has 2 heteroatoms. The number of para-hydroxylation sites is 1. The van der Waals surface area contributed by atoms with Crippen molar-refractivity contribution in [1.29, 1.82) is 0 Å². The topological polar surface area (TPSA) is 26.0 Å². The van der Waals surface area contributed by atoms with Crippen molar-refractivity contribution in [3.63, 3.8) is 0 Å². The number of pyridine rings is 1. The summed E-state index contributed by atoms with van der Waals surface area (Å²) < 4.78 is 54.6. The molecule has 0 N–H and O–H groups in total. The summed E-state index contributed by atoms with van der Waals surface area (Å²) >= 11 is 0. The number of benzene rings is 3. The predicted molar refractivity (Wildman–Crippen MR) is 121 cm³/mol. The van der Waals surface area contributed by atoms with Crippen molar-refractivity contribution in [2.45, 2.75) is 27.6 Å². The molecule has 5 rings (SSSR count). The molecule has 3 aromatic carbocycles. The molecular formula is C27H23NO. The molecule has 0 amide bonds. The smallest absolute Gasteiger partial charge is 0.144 e. The summed E-state index contributed by atoms with van der Waals surface area (Å²) in [5, 5.41) is 1.96. The highest BCUT2D eigenvalue weighted by Crippen LogP contribution is 2.38. The van der Waals surface area contributed by atoms with Crippen LogP contribution in [0.3, 0.4) is 0 Å². The van der Waals surface area contributed by atoms with E-state index < -0.39 is 13.7 Å². The summed E-state index contributed by atoms with van der Waals surface area (Å²) in [4.78, 5) is 4.49. The van der Waals surface area contributed by atoms with E-state index in [0.29, 0.717) is 28.0 Å². The highest BCUT2D eigenvalue weighted by Gasteiger charge is 2.15. The van der Waals surface area contributed by atoms with Gasteiger partial charge in [-0.25, -0.2) is 0 Å². The molecule has 0 aliphatic carbocycles. The van der Waals surface area contributed by atoms with Gasteiger partial charge >= 0.3 is 0 Å². The number of hydrogen-bond acceptors (Lipinski definition) is 2. The highest BCUT2D eigenvalue weighted by molar-refractivity contribution is 6.10. The molecule has 0 fully saturated rings. The van der Waals surface area contributed by atoms with Gasteiger partial charge in [0.15, 0.2) is 0 Å². The van der Waals surface area contributed by atoms with E-state index in [2.05, 4.69) is 4.98 Å². The number of aromatic nitrogens is 1. The zero-order chi connectivity index (χ0) is 25.1. The lowest BCUT2D eigenvalue weighted by Crippen LogP contribution is -1.92. The van der Waals surface area contributed by atoms with Crippen molar-refractivity contribution in [2.75, 3.05) is 0 Å². The van der Waals surface area contributed by atoms with Gasteiger partial charge in [-0.15, -0.1) is 0 Å². The SMILES string of the molecule is [2H]C([2H])([2H])c1cnc(-c2cccc3c2oc2cccc(C)c23)cc1-c1ccc(C)cc1C([2H])([2H])[2H]. The molecule has 0 aliphatic heterocycles. The number of rotatable bonds is 2. The first-order valence-electron chi connectivity index (χ1n) is 12.5. The van der Waals surface area contributed by atoms with E-state index in [9.17, 15) is 0 Å². The predicted octanol–water partition coefficient (Wildman–Crippen LogP) is 7.55. The molecule has 0 aliphatic rings. The maximum Gasteiger partial charge on any atom is 0.144 e. The molecule has 0 atom stereocenters. The molecule has 5 aromatic rings. The van der Waals surface area contributed by atoms with Gasteiger partial charge in [-0.1, -0.05) is 48.0 Å². The standard InChI is InChI=1S/C27H23NO/c1-16-11-12-20(18(3)13-16)23-14-24(28-15-19(23)4)21-8-6-9-22-26-17(2)7-5-10-25(26)29-27(21)22/h5-15H,1-4H3/i3D3,4D3. The van der Waals surface area contributed by atoms with Crippen molar-refractivity contribution in [3.8, 4) is 22.4 Å². The Kier molecular flexibility index (Phi) is 2.78. The minimum Gasteiger partial charge on any atom is -0.455 e. The van der Waals surface area contributed by atoms with Gasteiger partial charge < -0.3 is 4.42 Å². The lowest BCUT2D eigenvalue weighted by Gasteiger charge is -2.12. The second-order valence-corrected chi connectivity index (χ2v) is 7.40. The van der Waals surface area contributed by atoms with E-state index in [0.717, 1.165) is 27.5 Å².